The molecule has 1 heterocycles. The predicted molar refractivity (Wildman–Crippen MR) is 62.0 cm³/mol. The molecule has 0 radical (unpaired) electrons. The van der Waals surface area contributed by atoms with E-state index in [0.717, 1.165) is 6.07 Å². The average molecular weight is 234 g/mol. The van der Waals surface area contributed by atoms with Gasteiger partial charge in [0, 0.05) is 18.9 Å². The molecule has 17 heavy (non-hydrogen) atoms. The van der Waals surface area contributed by atoms with E-state index in [1.807, 2.05) is 0 Å². The number of nitrogens with one attached hydrogen (secondary N) is 1. The van der Waals surface area contributed by atoms with Crippen LogP contribution in [0.1, 0.15) is 10.5 Å². The Morgan fingerprint density at radius 1 is 1.47 bits per heavy atom. The van der Waals surface area contributed by atoms with Crippen molar-refractivity contribution in [3.05, 3.63) is 42.0 Å². The minimum absolute atomic E-state index is 0.0786. The van der Waals surface area contributed by atoms with Crippen molar-refractivity contribution in [2.24, 2.45) is 7.05 Å². The van der Waals surface area contributed by atoms with Crippen LogP contribution in [0.3, 0.4) is 0 Å². The third-order valence-electron chi connectivity index (χ3n) is 2.19. The Morgan fingerprint density at radius 2 is 2.24 bits per heavy atom. The van der Waals surface area contributed by atoms with E-state index in [9.17, 15) is 9.18 Å². The van der Waals surface area contributed by atoms with E-state index in [-0.39, 0.29) is 11.4 Å². The molecule has 2 aromatic rings. The lowest BCUT2D eigenvalue weighted by Gasteiger charge is -2.05. The lowest BCUT2D eigenvalue weighted by atomic mass is 10.2. The number of carbonyl (C=O) groups excluding carboxylic acids is 1. The Hall–Kier alpha value is -2.37. The van der Waals surface area contributed by atoms with Crippen molar-refractivity contribution in [3.8, 4) is 0 Å². The first-order chi connectivity index (χ1) is 8.06. The van der Waals surface area contributed by atoms with Crippen LogP contribution in [0, 0.1) is 5.82 Å². The van der Waals surface area contributed by atoms with Gasteiger partial charge in [-0.1, -0.05) is 0 Å². The largest absolute Gasteiger partial charge is 0.399 e. The summed E-state index contributed by atoms with van der Waals surface area (Å²) in [5.74, 6) is -1.04. The van der Waals surface area contributed by atoms with Gasteiger partial charge in [-0.25, -0.2) is 4.39 Å². The Kier molecular flexibility index (Phi) is 2.78. The Balaban J connectivity index is 2.18. The molecule has 0 spiro atoms. The maximum absolute atomic E-state index is 13.4. The van der Waals surface area contributed by atoms with Gasteiger partial charge in [-0.3, -0.25) is 9.48 Å². The number of amides is 1. The Bertz CT molecular complexity index is 564. The van der Waals surface area contributed by atoms with Gasteiger partial charge >= 0.3 is 0 Å². The highest BCUT2D eigenvalue weighted by Crippen LogP contribution is 2.17. The quantitative estimate of drug-likeness (QED) is 0.771. The number of hydrogen-bond acceptors (Lipinski definition) is 3. The Morgan fingerprint density at radius 3 is 2.82 bits per heavy atom. The zero-order valence-electron chi connectivity index (χ0n) is 9.14. The molecule has 0 bridgehead atoms. The van der Waals surface area contributed by atoms with E-state index >= 15 is 0 Å². The van der Waals surface area contributed by atoms with Crippen LogP contribution < -0.4 is 11.1 Å². The monoisotopic (exact) mass is 234 g/mol. The standard InChI is InChI=1S/C11H11FN4O/c1-16-5-4-10(15-16)11(17)14-9-3-2-7(13)6-8(9)12/h2-6H,13H2,1H3,(H,14,17). The van der Waals surface area contributed by atoms with E-state index in [2.05, 4.69) is 10.4 Å². The summed E-state index contributed by atoms with van der Waals surface area (Å²) in [7, 11) is 1.70. The van der Waals surface area contributed by atoms with Gasteiger partial charge in [-0.15, -0.1) is 0 Å². The van der Waals surface area contributed by atoms with Crippen molar-refractivity contribution in [2.45, 2.75) is 0 Å². The van der Waals surface area contributed by atoms with Crippen LogP contribution >= 0.6 is 0 Å². The summed E-state index contributed by atoms with van der Waals surface area (Å²) in [6.45, 7) is 0. The maximum Gasteiger partial charge on any atom is 0.276 e. The summed E-state index contributed by atoms with van der Waals surface area (Å²) in [5.41, 5.74) is 6.01. The van der Waals surface area contributed by atoms with Crippen LogP contribution in [-0.4, -0.2) is 15.7 Å². The van der Waals surface area contributed by atoms with Crippen LogP contribution in [0.25, 0.3) is 0 Å². The average Bonchev–Trinajstić information content (AvgIpc) is 2.69. The fourth-order valence-corrected chi connectivity index (χ4v) is 1.36. The molecule has 0 unspecified atom stereocenters. The molecule has 6 heteroatoms. The minimum atomic E-state index is -0.575. The summed E-state index contributed by atoms with van der Waals surface area (Å²) < 4.78 is 14.9. The van der Waals surface area contributed by atoms with Crippen molar-refractivity contribution in [1.29, 1.82) is 0 Å². The second-order valence-corrected chi connectivity index (χ2v) is 3.57. The first kappa shape index (κ1) is 11.1. The number of nitrogen functional groups attached to an aromatic ring is 1. The molecular formula is C11H11FN4O. The fourth-order valence-electron chi connectivity index (χ4n) is 1.36. The van der Waals surface area contributed by atoms with Crippen molar-refractivity contribution >= 4 is 17.3 Å². The molecule has 0 atom stereocenters. The first-order valence-corrected chi connectivity index (χ1v) is 4.92. The maximum atomic E-state index is 13.4. The van der Waals surface area contributed by atoms with Gasteiger partial charge in [-0.05, 0) is 24.3 Å². The van der Waals surface area contributed by atoms with Crippen molar-refractivity contribution in [1.82, 2.24) is 9.78 Å². The van der Waals surface area contributed by atoms with Crippen molar-refractivity contribution in [2.75, 3.05) is 11.1 Å². The van der Waals surface area contributed by atoms with Gasteiger partial charge in [0.15, 0.2) is 5.69 Å². The molecule has 0 saturated carbocycles. The second-order valence-electron chi connectivity index (χ2n) is 3.57. The zero-order valence-corrected chi connectivity index (χ0v) is 9.14. The number of anilines is 2. The molecule has 1 aromatic carbocycles. The van der Waals surface area contributed by atoms with Crippen LogP contribution in [0.15, 0.2) is 30.5 Å². The molecule has 1 aromatic heterocycles. The number of halogens is 1. The van der Waals surface area contributed by atoms with Gasteiger partial charge < -0.3 is 11.1 Å². The normalized spacial score (nSPS) is 10.2. The molecule has 1 amide bonds. The summed E-state index contributed by atoms with van der Waals surface area (Å²) in [6.07, 6.45) is 1.63. The van der Waals surface area contributed by atoms with Gasteiger partial charge in [0.2, 0.25) is 0 Å². The van der Waals surface area contributed by atoms with Crippen molar-refractivity contribution in [3.63, 3.8) is 0 Å². The first-order valence-electron chi connectivity index (χ1n) is 4.92. The minimum Gasteiger partial charge on any atom is -0.399 e. The van der Waals surface area contributed by atoms with Gasteiger partial charge in [0.05, 0.1) is 5.69 Å². The van der Waals surface area contributed by atoms with Crippen LogP contribution in [0.4, 0.5) is 15.8 Å². The summed E-state index contributed by atoms with van der Waals surface area (Å²) >= 11 is 0. The van der Waals surface area contributed by atoms with Crippen LogP contribution in [-0.2, 0) is 7.05 Å². The zero-order chi connectivity index (χ0) is 12.4. The highest BCUT2D eigenvalue weighted by Gasteiger charge is 2.11. The van der Waals surface area contributed by atoms with Crippen molar-refractivity contribution < 1.29 is 9.18 Å². The molecule has 0 fully saturated rings. The van der Waals surface area contributed by atoms with Gasteiger partial charge in [0.1, 0.15) is 5.82 Å². The number of aromatic nitrogens is 2. The summed E-state index contributed by atoms with van der Waals surface area (Å²) in [4.78, 5) is 11.7. The molecule has 2 rings (SSSR count). The van der Waals surface area contributed by atoms with E-state index in [0.29, 0.717) is 5.69 Å². The number of nitrogens with two attached hydrogens (primary N) is 1. The number of nitrogens with zero attached hydrogens (tertiary/aromatic N) is 2. The van der Waals surface area contributed by atoms with E-state index in [4.69, 9.17) is 5.73 Å². The molecule has 88 valence electrons. The van der Waals surface area contributed by atoms with E-state index in [1.165, 1.54) is 16.8 Å². The lowest BCUT2D eigenvalue weighted by Crippen LogP contribution is -2.14. The smallest absolute Gasteiger partial charge is 0.276 e. The fraction of sp³-hybridized carbons (Fsp3) is 0.0909. The molecule has 5 nitrogen and oxygen atoms in total. The summed E-state index contributed by atoms with van der Waals surface area (Å²) in [6, 6.07) is 5.61. The molecule has 0 aliphatic rings. The molecule has 0 aliphatic carbocycles. The SMILES string of the molecule is Cn1ccc(C(=O)Nc2ccc(N)cc2F)n1. The Labute approximate surface area is 97.0 Å². The lowest BCUT2D eigenvalue weighted by molar-refractivity contribution is 0.102. The highest BCUT2D eigenvalue weighted by atomic mass is 19.1. The molecule has 0 saturated heterocycles. The molecule has 0 aliphatic heterocycles. The van der Waals surface area contributed by atoms with Gasteiger partial charge in [-0.2, -0.15) is 5.10 Å². The van der Waals surface area contributed by atoms with E-state index < -0.39 is 11.7 Å². The summed E-state index contributed by atoms with van der Waals surface area (Å²) in [5, 5.41) is 6.33. The number of aryl methyl sites for hydroxylation is 1. The number of benzene rings is 1. The second kappa shape index (κ2) is 4.25. The third-order valence-corrected chi connectivity index (χ3v) is 2.19. The number of hydrogen-bond donors (Lipinski definition) is 2. The highest BCUT2D eigenvalue weighted by molar-refractivity contribution is 6.02. The topological polar surface area (TPSA) is 72.9 Å². The van der Waals surface area contributed by atoms with Crippen LogP contribution in [0.5, 0.6) is 0 Å². The van der Waals surface area contributed by atoms with Gasteiger partial charge in [0.25, 0.3) is 5.91 Å². The predicted octanol–water partition coefficient (Wildman–Crippen LogP) is 1.39. The third kappa shape index (κ3) is 2.41. The van der Waals surface area contributed by atoms with E-state index in [1.54, 1.807) is 19.3 Å². The number of rotatable bonds is 2. The molecular weight excluding hydrogens is 223 g/mol. The molecule has 3 N–H and O–H groups in total. The number of carbonyl (C=O) groups is 1. The van der Waals surface area contributed by atoms with Crippen LogP contribution in [0.2, 0.25) is 0 Å².